The van der Waals surface area contributed by atoms with Gasteiger partial charge in [0.1, 0.15) is 0 Å². The van der Waals surface area contributed by atoms with E-state index in [4.69, 9.17) is 0 Å². The molecular formula is C56H29BF6N2Si. The normalized spacial score (nSPS) is 14.6. The van der Waals surface area contributed by atoms with E-state index in [0.29, 0.717) is 21.7 Å². The monoisotopic (exact) mass is 882 g/mol. The van der Waals surface area contributed by atoms with Crippen molar-refractivity contribution < 1.29 is 26.3 Å². The van der Waals surface area contributed by atoms with Crippen molar-refractivity contribution in [3.8, 4) is 44.9 Å². The maximum atomic E-state index is 15.5. The Kier molecular flexibility index (Phi) is 6.69. The summed E-state index contributed by atoms with van der Waals surface area (Å²) in [4.78, 5) is 0. The molecule has 66 heavy (non-hydrogen) atoms. The van der Waals surface area contributed by atoms with Crippen LogP contribution in [0.4, 0.5) is 26.3 Å². The summed E-state index contributed by atoms with van der Waals surface area (Å²) in [6.07, 6.45) is -9.56. The Morgan fingerprint density at radius 3 is 1.70 bits per heavy atom. The molecule has 2 nitrogen and oxygen atoms in total. The lowest BCUT2D eigenvalue weighted by molar-refractivity contribution is -0.138. The fourth-order valence-electron chi connectivity index (χ4n) is 12.8. The summed E-state index contributed by atoms with van der Waals surface area (Å²) in [5, 5.41) is 6.71. The molecule has 1 spiro atoms. The zero-order valence-electron chi connectivity index (χ0n) is 34.5. The number of benzene rings is 9. The summed E-state index contributed by atoms with van der Waals surface area (Å²) in [7, 11) is -3.67. The SMILES string of the molecule is FC(F)(F)c1cc2c3c(c1)c1cc(C(F)(F)F)cc4c1n3-c1c(ccc3c1B2c1cc2ccccc2c2c(-c5ccccc5)c(-c5ccccc5)n-3c12)[Si]41c2ccccc2-c2ccccc21. The van der Waals surface area contributed by atoms with E-state index in [1.54, 1.807) is 0 Å². The minimum Gasteiger partial charge on any atom is -0.310 e. The Morgan fingerprint density at radius 2 is 1.02 bits per heavy atom. The third-order valence-corrected chi connectivity index (χ3v) is 20.0. The zero-order chi connectivity index (χ0) is 44.2. The van der Waals surface area contributed by atoms with Crippen LogP contribution < -0.4 is 37.1 Å². The number of aromatic nitrogens is 2. The fraction of sp³-hybridized carbons (Fsp3) is 0.0357. The van der Waals surface area contributed by atoms with Gasteiger partial charge in [0, 0.05) is 38.6 Å². The Morgan fingerprint density at radius 1 is 0.439 bits per heavy atom. The number of hydrogen-bond acceptors (Lipinski definition) is 0. The molecule has 312 valence electrons. The Bertz CT molecular complexity index is 3990. The molecule has 6 heterocycles. The second-order valence-corrected chi connectivity index (χ2v) is 21.7. The largest absolute Gasteiger partial charge is 0.416 e. The van der Waals surface area contributed by atoms with Gasteiger partial charge >= 0.3 is 12.4 Å². The van der Waals surface area contributed by atoms with Crippen LogP contribution in [0, 0.1) is 0 Å². The van der Waals surface area contributed by atoms with Gasteiger partial charge in [-0.2, -0.15) is 26.3 Å². The summed E-state index contributed by atoms with van der Waals surface area (Å²) in [5.74, 6) is 0. The molecular weight excluding hydrogens is 854 g/mol. The van der Waals surface area contributed by atoms with E-state index < -0.39 is 38.3 Å². The molecule has 0 amide bonds. The molecule has 0 unspecified atom stereocenters. The molecule has 4 aliphatic heterocycles. The topological polar surface area (TPSA) is 9.86 Å². The number of nitrogens with zero attached hydrogens (tertiary/aromatic N) is 2. The number of rotatable bonds is 2. The molecule has 0 saturated heterocycles. The van der Waals surface area contributed by atoms with Gasteiger partial charge in [-0.3, -0.25) is 0 Å². The minimum atomic E-state index is -4.79. The van der Waals surface area contributed by atoms with E-state index in [1.807, 2.05) is 72.8 Å². The van der Waals surface area contributed by atoms with Crippen LogP contribution in [-0.4, -0.2) is 23.9 Å². The van der Waals surface area contributed by atoms with Gasteiger partial charge < -0.3 is 9.13 Å². The smallest absolute Gasteiger partial charge is 0.310 e. The number of fused-ring (bicyclic) bond motifs is 13. The minimum absolute atomic E-state index is 0.169. The molecule has 10 heteroatoms. The van der Waals surface area contributed by atoms with Gasteiger partial charge in [-0.05, 0) is 94.4 Å². The lowest BCUT2D eigenvalue weighted by atomic mass is 9.34. The van der Waals surface area contributed by atoms with Gasteiger partial charge in [-0.25, -0.2) is 0 Å². The molecule has 0 fully saturated rings. The van der Waals surface area contributed by atoms with Gasteiger partial charge in [0.15, 0.2) is 8.07 Å². The first-order valence-electron chi connectivity index (χ1n) is 21.9. The predicted molar refractivity (Wildman–Crippen MR) is 257 cm³/mol. The van der Waals surface area contributed by atoms with Crippen molar-refractivity contribution in [2.75, 3.05) is 0 Å². The first-order chi connectivity index (χ1) is 32.0. The van der Waals surface area contributed by atoms with Crippen molar-refractivity contribution >= 4 is 95.4 Å². The third-order valence-electron chi connectivity index (χ3n) is 15.1. The highest BCUT2D eigenvalue weighted by Crippen LogP contribution is 2.49. The van der Waals surface area contributed by atoms with Crippen LogP contribution in [-0.2, 0) is 12.4 Å². The average Bonchev–Trinajstić information content (AvgIpc) is 3.97. The maximum Gasteiger partial charge on any atom is 0.416 e. The van der Waals surface area contributed by atoms with E-state index >= 15 is 26.3 Å². The predicted octanol–water partition coefficient (Wildman–Crippen LogP) is 10.1. The van der Waals surface area contributed by atoms with Crippen LogP contribution in [0.15, 0.2) is 176 Å². The van der Waals surface area contributed by atoms with Gasteiger partial charge in [0.25, 0.3) is 6.71 Å². The van der Waals surface area contributed by atoms with Crippen molar-refractivity contribution in [3.63, 3.8) is 0 Å². The summed E-state index contributed by atoms with van der Waals surface area (Å²) < 4.78 is 97.5. The molecule has 2 aromatic heterocycles. The third kappa shape index (κ3) is 4.23. The van der Waals surface area contributed by atoms with Crippen molar-refractivity contribution in [2.24, 2.45) is 0 Å². The van der Waals surface area contributed by atoms with E-state index in [2.05, 4.69) is 88.0 Å². The van der Waals surface area contributed by atoms with Crippen LogP contribution in [0.3, 0.4) is 0 Å². The first kappa shape index (κ1) is 36.7. The second-order valence-electron chi connectivity index (χ2n) is 18.1. The summed E-state index contributed by atoms with van der Waals surface area (Å²) >= 11 is 0. The molecule has 0 atom stereocenters. The molecule has 15 rings (SSSR count). The van der Waals surface area contributed by atoms with Gasteiger partial charge in [-0.1, -0.05) is 152 Å². The molecule has 11 aromatic rings. The zero-order valence-corrected chi connectivity index (χ0v) is 35.5. The van der Waals surface area contributed by atoms with Crippen LogP contribution in [0.5, 0.6) is 0 Å². The van der Waals surface area contributed by atoms with Crippen molar-refractivity contribution in [3.05, 3.63) is 187 Å². The Labute approximate surface area is 373 Å². The van der Waals surface area contributed by atoms with Crippen LogP contribution in [0.1, 0.15) is 11.1 Å². The number of alkyl halides is 6. The quantitative estimate of drug-likeness (QED) is 0.121. The number of hydrogen-bond donors (Lipinski definition) is 0. The molecule has 0 bridgehead atoms. The standard InChI is InChI=1S/C56H29BF6N2Si/c58-55(59,60)33-26-38-39-27-34(56(61,62)63)29-46-52(39)65-51(38)41(28-33)57-40-25-32-17-7-8-18-35(32)48-47(30-13-3-1-4-14-30)50(31-15-5-2-6-16-31)64(53(40)48)42-23-24-45(54(65)49(42)57)66(46)43-21-11-9-19-36(43)37-20-10-12-22-44(37)66/h1-29H. The molecule has 9 aromatic carbocycles. The second kappa shape index (κ2) is 12.0. The van der Waals surface area contributed by atoms with E-state index in [9.17, 15) is 0 Å². The lowest BCUT2D eigenvalue weighted by Gasteiger charge is -2.43. The average molecular weight is 883 g/mol. The van der Waals surface area contributed by atoms with Gasteiger partial charge in [-0.15, -0.1) is 0 Å². The number of halogens is 6. The Hall–Kier alpha value is -7.56. The molecule has 0 N–H and O–H groups in total. The maximum absolute atomic E-state index is 15.5. The molecule has 0 aliphatic carbocycles. The van der Waals surface area contributed by atoms with Gasteiger partial charge in [0.05, 0.1) is 27.9 Å². The first-order valence-corrected chi connectivity index (χ1v) is 23.9. The highest BCUT2D eigenvalue weighted by atomic mass is 28.3. The van der Waals surface area contributed by atoms with Crippen LogP contribution >= 0.6 is 0 Å². The van der Waals surface area contributed by atoms with E-state index in [0.717, 1.165) is 105 Å². The Balaban J connectivity index is 1.23. The van der Waals surface area contributed by atoms with Crippen molar-refractivity contribution in [2.45, 2.75) is 12.4 Å². The molecule has 4 aliphatic rings. The van der Waals surface area contributed by atoms with Crippen molar-refractivity contribution in [1.82, 2.24) is 9.13 Å². The summed E-state index contributed by atoms with van der Waals surface area (Å²) in [6, 6.07) is 56.1. The van der Waals surface area contributed by atoms with Gasteiger partial charge in [0.2, 0.25) is 0 Å². The lowest BCUT2D eigenvalue weighted by Crippen LogP contribution is -2.77. The highest BCUT2D eigenvalue weighted by molar-refractivity contribution is 7.24. The molecule has 0 saturated carbocycles. The van der Waals surface area contributed by atoms with E-state index in [-0.39, 0.29) is 10.8 Å². The van der Waals surface area contributed by atoms with Crippen LogP contribution in [0.25, 0.3) is 88.4 Å². The van der Waals surface area contributed by atoms with Crippen molar-refractivity contribution in [1.29, 1.82) is 0 Å². The van der Waals surface area contributed by atoms with Crippen LogP contribution in [0.2, 0.25) is 0 Å². The highest BCUT2D eigenvalue weighted by Gasteiger charge is 2.57. The van der Waals surface area contributed by atoms with E-state index in [1.165, 1.54) is 12.1 Å². The summed E-state index contributed by atoms with van der Waals surface area (Å²) in [6.45, 7) is -0.708. The fourth-order valence-corrected chi connectivity index (χ4v) is 18.4. The molecule has 0 radical (unpaired) electrons. The summed E-state index contributed by atoms with van der Waals surface area (Å²) in [5.41, 5.74) is 9.93.